The molecule has 0 saturated carbocycles. The van der Waals surface area contributed by atoms with Crippen molar-refractivity contribution in [2.24, 2.45) is 5.73 Å². The fourth-order valence-corrected chi connectivity index (χ4v) is 2.36. The van der Waals surface area contributed by atoms with E-state index in [-0.39, 0.29) is 6.10 Å². The van der Waals surface area contributed by atoms with Gasteiger partial charge in [0.05, 0.1) is 6.10 Å². The minimum atomic E-state index is -0.449. The van der Waals surface area contributed by atoms with Crippen LogP contribution in [0.1, 0.15) is 29.3 Å². The molecule has 5 nitrogen and oxygen atoms in total. The summed E-state index contributed by atoms with van der Waals surface area (Å²) in [6, 6.07) is 5.26. The largest absolute Gasteiger partial charge is 0.398 e. The van der Waals surface area contributed by atoms with Crippen LogP contribution >= 0.6 is 0 Å². The molecule has 0 aliphatic carbocycles. The normalized spacial score (nSPS) is 21.0. The number of nitrogen functional groups attached to an aromatic ring is 1. The van der Waals surface area contributed by atoms with Crippen molar-refractivity contribution in [2.75, 3.05) is 25.4 Å². The summed E-state index contributed by atoms with van der Waals surface area (Å²) >= 11 is 0. The van der Waals surface area contributed by atoms with E-state index in [2.05, 4.69) is 11.8 Å². The Kier molecular flexibility index (Phi) is 4.39. The van der Waals surface area contributed by atoms with Crippen LogP contribution in [0.2, 0.25) is 0 Å². The SMILES string of the molecule is CC1CN(Cc2ccc(C(N)=O)cc2N)CCCO1. The van der Waals surface area contributed by atoms with Gasteiger partial charge in [-0.3, -0.25) is 9.69 Å². The van der Waals surface area contributed by atoms with Crippen LogP contribution in [-0.4, -0.2) is 36.6 Å². The van der Waals surface area contributed by atoms with E-state index in [1.165, 1.54) is 0 Å². The molecule has 1 aromatic rings. The second-order valence-corrected chi connectivity index (χ2v) is 5.05. The number of nitrogens with zero attached hydrogens (tertiary/aromatic N) is 1. The van der Waals surface area contributed by atoms with E-state index in [0.29, 0.717) is 11.3 Å². The zero-order chi connectivity index (χ0) is 13.8. The number of rotatable bonds is 3. The Bertz CT molecular complexity index is 462. The molecule has 1 heterocycles. The van der Waals surface area contributed by atoms with Crippen molar-refractivity contribution in [3.05, 3.63) is 29.3 Å². The van der Waals surface area contributed by atoms with E-state index in [9.17, 15) is 4.79 Å². The Morgan fingerprint density at radius 2 is 2.32 bits per heavy atom. The highest BCUT2D eigenvalue weighted by atomic mass is 16.5. The monoisotopic (exact) mass is 263 g/mol. The van der Waals surface area contributed by atoms with Crippen LogP contribution in [0.15, 0.2) is 18.2 Å². The molecule has 0 aromatic heterocycles. The van der Waals surface area contributed by atoms with Gasteiger partial charge in [-0.25, -0.2) is 0 Å². The van der Waals surface area contributed by atoms with Gasteiger partial charge in [-0.1, -0.05) is 6.07 Å². The van der Waals surface area contributed by atoms with Crippen molar-refractivity contribution >= 4 is 11.6 Å². The molecule has 0 spiro atoms. The van der Waals surface area contributed by atoms with Crippen LogP contribution in [0, 0.1) is 0 Å². The standard InChI is InChI=1S/C14H21N3O2/c1-10-8-17(5-2-6-19-10)9-12-4-3-11(14(16)18)7-13(12)15/h3-4,7,10H,2,5-6,8-9,15H2,1H3,(H2,16,18). The summed E-state index contributed by atoms with van der Waals surface area (Å²) in [7, 11) is 0. The lowest BCUT2D eigenvalue weighted by atomic mass is 10.1. The molecule has 1 unspecified atom stereocenters. The van der Waals surface area contributed by atoms with Gasteiger partial charge in [-0.15, -0.1) is 0 Å². The Balaban J connectivity index is 2.07. The summed E-state index contributed by atoms with van der Waals surface area (Å²) in [6.07, 6.45) is 1.28. The van der Waals surface area contributed by atoms with E-state index >= 15 is 0 Å². The average molecular weight is 263 g/mol. The minimum Gasteiger partial charge on any atom is -0.398 e. The van der Waals surface area contributed by atoms with E-state index in [1.54, 1.807) is 12.1 Å². The number of hydrogen-bond donors (Lipinski definition) is 2. The molecule has 0 radical (unpaired) electrons. The molecule has 4 N–H and O–H groups in total. The fraction of sp³-hybridized carbons (Fsp3) is 0.500. The van der Waals surface area contributed by atoms with Crippen LogP contribution in [0.4, 0.5) is 5.69 Å². The highest BCUT2D eigenvalue weighted by molar-refractivity contribution is 5.93. The first-order valence-corrected chi connectivity index (χ1v) is 6.58. The third-order valence-corrected chi connectivity index (χ3v) is 3.36. The van der Waals surface area contributed by atoms with Crippen molar-refractivity contribution in [1.29, 1.82) is 0 Å². The minimum absolute atomic E-state index is 0.244. The van der Waals surface area contributed by atoms with Gasteiger partial charge in [-0.05, 0) is 31.0 Å². The second-order valence-electron chi connectivity index (χ2n) is 5.05. The molecule has 1 saturated heterocycles. The van der Waals surface area contributed by atoms with Crippen LogP contribution in [0.5, 0.6) is 0 Å². The summed E-state index contributed by atoms with van der Waals surface area (Å²) < 4.78 is 5.62. The van der Waals surface area contributed by atoms with Gasteiger partial charge < -0.3 is 16.2 Å². The molecule has 1 aliphatic rings. The number of amides is 1. The first-order chi connectivity index (χ1) is 9.06. The van der Waals surface area contributed by atoms with Gasteiger partial charge in [0.2, 0.25) is 5.91 Å². The average Bonchev–Trinajstić information content (AvgIpc) is 2.56. The smallest absolute Gasteiger partial charge is 0.248 e. The van der Waals surface area contributed by atoms with Gasteiger partial charge in [0.25, 0.3) is 0 Å². The predicted octanol–water partition coefficient (Wildman–Crippen LogP) is 0.979. The maximum atomic E-state index is 11.1. The molecule has 1 aliphatic heterocycles. The quantitative estimate of drug-likeness (QED) is 0.796. The highest BCUT2D eigenvalue weighted by Gasteiger charge is 2.16. The number of hydrogen-bond acceptors (Lipinski definition) is 4. The first-order valence-electron chi connectivity index (χ1n) is 6.58. The summed E-state index contributed by atoms with van der Waals surface area (Å²) in [5, 5.41) is 0. The van der Waals surface area contributed by atoms with Crippen LogP contribution in [0.25, 0.3) is 0 Å². The molecule has 19 heavy (non-hydrogen) atoms. The van der Waals surface area contributed by atoms with Crippen LogP contribution in [-0.2, 0) is 11.3 Å². The number of carbonyl (C=O) groups excluding carboxylic acids is 1. The lowest BCUT2D eigenvalue weighted by Gasteiger charge is -2.22. The van der Waals surface area contributed by atoms with Gasteiger partial charge in [0.15, 0.2) is 0 Å². The maximum absolute atomic E-state index is 11.1. The lowest BCUT2D eigenvalue weighted by molar-refractivity contribution is 0.0668. The number of anilines is 1. The Labute approximate surface area is 113 Å². The molecule has 1 fully saturated rings. The molecule has 1 aromatic carbocycles. The van der Waals surface area contributed by atoms with Gasteiger partial charge >= 0.3 is 0 Å². The Hall–Kier alpha value is -1.59. The van der Waals surface area contributed by atoms with Crippen LogP contribution < -0.4 is 11.5 Å². The summed E-state index contributed by atoms with van der Waals surface area (Å²) in [6.45, 7) is 5.57. The van der Waals surface area contributed by atoms with Gasteiger partial charge in [0, 0.05) is 37.5 Å². The number of benzene rings is 1. The molecule has 1 amide bonds. The van der Waals surface area contributed by atoms with E-state index in [1.807, 2.05) is 6.07 Å². The molecule has 1 atom stereocenters. The topological polar surface area (TPSA) is 81.6 Å². The molecule has 0 bridgehead atoms. The fourth-order valence-electron chi connectivity index (χ4n) is 2.36. The zero-order valence-corrected chi connectivity index (χ0v) is 11.3. The molecular formula is C14H21N3O2. The van der Waals surface area contributed by atoms with Crippen molar-refractivity contribution in [1.82, 2.24) is 4.90 Å². The van der Waals surface area contributed by atoms with Crippen molar-refractivity contribution in [3.8, 4) is 0 Å². The predicted molar refractivity (Wildman–Crippen MR) is 74.7 cm³/mol. The van der Waals surface area contributed by atoms with Gasteiger partial charge in [0.1, 0.15) is 0 Å². The second kappa shape index (κ2) is 6.04. The van der Waals surface area contributed by atoms with Crippen molar-refractivity contribution in [2.45, 2.75) is 26.0 Å². The zero-order valence-electron chi connectivity index (χ0n) is 11.3. The van der Waals surface area contributed by atoms with Gasteiger partial charge in [-0.2, -0.15) is 0 Å². The summed E-state index contributed by atoms with van der Waals surface area (Å²) in [4.78, 5) is 13.4. The Morgan fingerprint density at radius 3 is 3.00 bits per heavy atom. The van der Waals surface area contributed by atoms with E-state index in [4.69, 9.17) is 16.2 Å². The first kappa shape index (κ1) is 13.8. The number of carbonyl (C=O) groups is 1. The molecule has 104 valence electrons. The third kappa shape index (κ3) is 3.68. The maximum Gasteiger partial charge on any atom is 0.248 e. The summed E-state index contributed by atoms with van der Waals surface area (Å²) in [5.41, 5.74) is 13.3. The molecule has 5 heteroatoms. The molecular weight excluding hydrogens is 242 g/mol. The number of nitrogens with two attached hydrogens (primary N) is 2. The van der Waals surface area contributed by atoms with E-state index in [0.717, 1.165) is 38.2 Å². The third-order valence-electron chi connectivity index (χ3n) is 3.36. The Morgan fingerprint density at radius 1 is 1.53 bits per heavy atom. The lowest BCUT2D eigenvalue weighted by Crippen LogP contribution is -2.30. The summed E-state index contributed by atoms with van der Waals surface area (Å²) in [5.74, 6) is -0.449. The van der Waals surface area contributed by atoms with Crippen molar-refractivity contribution < 1.29 is 9.53 Å². The van der Waals surface area contributed by atoms with Crippen LogP contribution in [0.3, 0.4) is 0 Å². The highest BCUT2D eigenvalue weighted by Crippen LogP contribution is 2.18. The number of ether oxygens (including phenoxy) is 1. The number of primary amides is 1. The van der Waals surface area contributed by atoms with E-state index < -0.39 is 5.91 Å². The van der Waals surface area contributed by atoms with Crippen molar-refractivity contribution in [3.63, 3.8) is 0 Å². The molecule has 2 rings (SSSR count).